The summed E-state index contributed by atoms with van der Waals surface area (Å²) in [6.07, 6.45) is 0. The van der Waals surface area contributed by atoms with Crippen LogP contribution < -0.4 is 0 Å². The van der Waals surface area contributed by atoms with Gasteiger partial charge in [0.1, 0.15) is 6.07 Å². The Balaban J connectivity index is 1.22. The number of aromatic nitrogens is 5. The van der Waals surface area contributed by atoms with E-state index in [1.54, 1.807) is 0 Å². The normalized spacial score (nSPS) is 11.4. The van der Waals surface area contributed by atoms with E-state index in [2.05, 4.69) is 100 Å². The molecule has 3 heterocycles. The van der Waals surface area contributed by atoms with E-state index in [4.69, 9.17) is 15.0 Å². The highest BCUT2D eigenvalue weighted by Gasteiger charge is 2.22. The molecule has 0 radical (unpaired) electrons. The van der Waals surface area contributed by atoms with Gasteiger partial charge >= 0.3 is 0 Å². The van der Waals surface area contributed by atoms with Crippen molar-refractivity contribution in [3.8, 4) is 51.6 Å². The fourth-order valence-corrected chi connectivity index (χ4v) is 7.51. The van der Waals surface area contributed by atoms with E-state index in [1.165, 1.54) is 10.8 Å². The molecule has 3 aromatic heterocycles. The SMILES string of the molecule is N#Cc1cc(-c2nc(-c3ccccc3)nc(-c3ccccc3)n2)ccc1-n1c2ccccc2c2c1ccc1c3ccccc3n(-c3ccccc3)c12. The van der Waals surface area contributed by atoms with Gasteiger partial charge in [0.2, 0.25) is 0 Å². The molecular formula is C46H28N6. The molecule has 7 aromatic carbocycles. The molecular weight excluding hydrogens is 637 g/mol. The monoisotopic (exact) mass is 664 g/mol. The molecule has 0 aliphatic heterocycles. The zero-order valence-electron chi connectivity index (χ0n) is 27.8. The molecule has 0 aliphatic rings. The maximum absolute atomic E-state index is 10.7. The van der Waals surface area contributed by atoms with Crippen molar-refractivity contribution in [1.82, 2.24) is 24.1 Å². The summed E-state index contributed by atoms with van der Waals surface area (Å²) in [5.41, 5.74) is 9.28. The summed E-state index contributed by atoms with van der Waals surface area (Å²) in [7, 11) is 0. The first-order valence-electron chi connectivity index (χ1n) is 17.2. The van der Waals surface area contributed by atoms with Crippen molar-refractivity contribution in [2.45, 2.75) is 0 Å². The lowest BCUT2D eigenvalue weighted by Gasteiger charge is -2.13. The van der Waals surface area contributed by atoms with Gasteiger partial charge in [-0.3, -0.25) is 0 Å². The van der Waals surface area contributed by atoms with Crippen LogP contribution in [0.1, 0.15) is 5.56 Å². The Kier molecular flexibility index (Phi) is 6.76. The molecule has 10 rings (SSSR count). The second kappa shape index (κ2) is 11.9. The van der Waals surface area contributed by atoms with Crippen LogP contribution in [0.4, 0.5) is 0 Å². The molecule has 52 heavy (non-hydrogen) atoms. The lowest BCUT2D eigenvalue weighted by molar-refractivity contribution is 1.07. The molecule has 0 saturated heterocycles. The lowest BCUT2D eigenvalue weighted by atomic mass is 10.1. The molecule has 0 amide bonds. The van der Waals surface area contributed by atoms with E-state index in [0.717, 1.165) is 60.9 Å². The zero-order chi connectivity index (χ0) is 34.6. The quantitative estimate of drug-likeness (QED) is 0.184. The summed E-state index contributed by atoms with van der Waals surface area (Å²) in [6, 6.07) is 60.2. The van der Waals surface area contributed by atoms with Crippen LogP contribution in [0.3, 0.4) is 0 Å². The number of nitrogens with zero attached hydrogens (tertiary/aromatic N) is 6. The van der Waals surface area contributed by atoms with Crippen molar-refractivity contribution in [1.29, 1.82) is 5.26 Å². The fraction of sp³-hybridized carbons (Fsp3) is 0. The summed E-state index contributed by atoms with van der Waals surface area (Å²) in [5.74, 6) is 1.66. The van der Waals surface area contributed by atoms with Gasteiger partial charge in [-0.1, -0.05) is 121 Å². The number of fused-ring (bicyclic) bond motifs is 7. The molecule has 0 fully saturated rings. The van der Waals surface area contributed by atoms with Crippen LogP contribution in [0.15, 0.2) is 170 Å². The van der Waals surface area contributed by atoms with Crippen molar-refractivity contribution in [3.05, 3.63) is 175 Å². The summed E-state index contributed by atoms with van der Waals surface area (Å²) in [5, 5.41) is 15.4. The third kappa shape index (κ3) is 4.61. The second-order valence-electron chi connectivity index (χ2n) is 12.8. The highest BCUT2D eigenvalue weighted by Crippen LogP contribution is 2.42. The summed E-state index contributed by atoms with van der Waals surface area (Å²) in [6.45, 7) is 0. The minimum Gasteiger partial charge on any atom is -0.309 e. The summed E-state index contributed by atoms with van der Waals surface area (Å²) >= 11 is 0. The second-order valence-corrected chi connectivity index (χ2v) is 12.8. The average molecular weight is 665 g/mol. The Bertz CT molecular complexity index is 2950. The van der Waals surface area contributed by atoms with Crippen LogP contribution in [0, 0.1) is 11.3 Å². The number of hydrogen-bond acceptors (Lipinski definition) is 4. The van der Waals surface area contributed by atoms with Crippen LogP contribution in [0.25, 0.3) is 89.2 Å². The molecule has 0 aliphatic carbocycles. The van der Waals surface area contributed by atoms with Gasteiger partial charge in [0, 0.05) is 43.9 Å². The van der Waals surface area contributed by atoms with Gasteiger partial charge in [-0.15, -0.1) is 0 Å². The smallest absolute Gasteiger partial charge is 0.164 e. The number of para-hydroxylation sites is 3. The predicted molar refractivity (Wildman–Crippen MR) is 210 cm³/mol. The minimum atomic E-state index is 0.507. The Morgan fingerprint density at radius 3 is 1.60 bits per heavy atom. The van der Waals surface area contributed by atoms with Gasteiger partial charge in [-0.2, -0.15) is 5.26 Å². The number of rotatable bonds is 5. The topological polar surface area (TPSA) is 72.3 Å². The first-order valence-corrected chi connectivity index (χ1v) is 17.2. The maximum Gasteiger partial charge on any atom is 0.164 e. The molecule has 0 unspecified atom stereocenters. The van der Waals surface area contributed by atoms with E-state index in [9.17, 15) is 5.26 Å². The van der Waals surface area contributed by atoms with Gasteiger partial charge < -0.3 is 9.13 Å². The van der Waals surface area contributed by atoms with Crippen LogP contribution in [-0.2, 0) is 0 Å². The van der Waals surface area contributed by atoms with Gasteiger partial charge in [0.15, 0.2) is 17.5 Å². The van der Waals surface area contributed by atoms with E-state index in [-0.39, 0.29) is 0 Å². The first-order chi connectivity index (χ1) is 25.8. The van der Waals surface area contributed by atoms with Crippen LogP contribution in [0.5, 0.6) is 0 Å². The molecule has 0 N–H and O–H groups in total. The van der Waals surface area contributed by atoms with Gasteiger partial charge in [-0.25, -0.2) is 15.0 Å². The van der Waals surface area contributed by atoms with Crippen LogP contribution in [-0.4, -0.2) is 24.1 Å². The molecule has 0 atom stereocenters. The van der Waals surface area contributed by atoms with Crippen molar-refractivity contribution in [2.75, 3.05) is 0 Å². The van der Waals surface area contributed by atoms with Gasteiger partial charge in [0.05, 0.1) is 33.3 Å². The van der Waals surface area contributed by atoms with E-state index >= 15 is 0 Å². The predicted octanol–water partition coefficient (Wildman–Crippen LogP) is 10.9. The van der Waals surface area contributed by atoms with Crippen molar-refractivity contribution >= 4 is 43.6 Å². The van der Waals surface area contributed by atoms with Crippen LogP contribution in [0.2, 0.25) is 0 Å². The average Bonchev–Trinajstić information content (AvgIpc) is 3.74. The molecule has 0 spiro atoms. The Labute approximate surface area is 299 Å². The Hall–Kier alpha value is -7.36. The number of benzene rings is 7. The molecule has 0 bridgehead atoms. The molecule has 6 nitrogen and oxygen atoms in total. The molecule has 6 heteroatoms. The zero-order valence-corrected chi connectivity index (χ0v) is 27.8. The largest absolute Gasteiger partial charge is 0.309 e. The maximum atomic E-state index is 10.7. The summed E-state index contributed by atoms with van der Waals surface area (Å²) in [4.78, 5) is 14.7. The van der Waals surface area contributed by atoms with Crippen molar-refractivity contribution in [2.24, 2.45) is 0 Å². The minimum absolute atomic E-state index is 0.507. The first kappa shape index (κ1) is 29.5. The third-order valence-corrected chi connectivity index (χ3v) is 9.80. The van der Waals surface area contributed by atoms with E-state index in [0.29, 0.717) is 23.0 Å². The van der Waals surface area contributed by atoms with E-state index < -0.39 is 0 Å². The van der Waals surface area contributed by atoms with Crippen molar-refractivity contribution in [3.63, 3.8) is 0 Å². The van der Waals surface area contributed by atoms with Crippen molar-refractivity contribution < 1.29 is 0 Å². The van der Waals surface area contributed by atoms with E-state index in [1.807, 2.05) is 84.9 Å². The Morgan fingerprint density at radius 1 is 0.423 bits per heavy atom. The molecule has 10 aromatic rings. The lowest BCUT2D eigenvalue weighted by Crippen LogP contribution is -2.02. The van der Waals surface area contributed by atoms with Gasteiger partial charge in [-0.05, 0) is 48.5 Å². The molecule has 242 valence electrons. The molecule has 0 saturated carbocycles. The fourth-order valence-electron chi connectivity index (χ4n) is 7.51. The Morgan fingerprint density at radius 2 is 0.962 bits per heavy atom. The third-order valence-electron chi connectivity index (χ3n) is 9.80. The number of nitriles is 1. The summed E-state index contributed by atoms with van der Waals surface area (Å²) < 4.78 is 4.59. The van der Waals surface area contributed by atoms with Gasteiger partial charge in [0.25, 0.3) is 0 Å². The number of hydrogen-bond donors (Lipinski definition) is 0. The standard InChI is InChI=1S/C46H28N6/c47-29-33-28-32(46-49-44(30-14-4-1-5-15-30)48-45(50-46)31-16-6-2-7-17-31)24-26-38(33)52-40-23-13-11-21-37(40)42-41(52)27-25-36-35-20-10-12-22-39(35)51(43(36)42)34-18-8-3-9-19-34/h1-28H. The highest BCUT2D eigenvalue weighted by atomic mass is 15.0. The van der Waals surface area contributed by atoms with Crippen LogP contribution >= 0.6 is 0 Å². The highest BCUT2D eigenvalue weighted by molar-refractivity contribution is 6.26.